The fourth-order valence-electron chi connectivity index (χ4n) is 7.62. The lowest BCUT2D eigenvalue weighted by Gasteiger charge is -2.27. The van der Waals surface area contributed by atoms with Gasteiger partial charge in [0.15, 0.2) is 7.14 Å². The third-order valence-corrected chi connectivity index (χ3v) is 12.9. The molecule has 0 aromatic heterocycles. The molecule has 0 atom stereocenters. The number of carbonyl (C=O) groups excluding carboxylic acids is 1. The van der Waals surface area contributed by atoms with E-state index in [0.717, 1.165) is 43.9 Å². The standard InChI is InChI=1S/C39H27O2P/c40-30-8-3-9-31(19-18-30)42(41,34-22-16-28-12-10-24-4-1-6-26-14-20-32(34)38(28)36(24)26)35-23-17-29-13-11-25-5-2-7-27-15-21-33(35)39(29)37(25)27/h1-2,4-7,10-17,19-23H,3,8-9,18H2. The molecule has 0 heterocycles. The van der Waals surface area contributed by atoms with E-state index in [1.807, 2.05) is 6.08 Å². The number of rotatable bonds is 3. The Morgan fingerprint density at radius 1 is 0.476 bits per heavy atom. The Morgan fingerprint density at radius 3 is 1.40 bits per heavy atom. The van der Waals surface area contributed by atoms with E-state index in [0.29, 0.717) is 19.3 Å². The Labute approximate surface area is 243 Å². The van der Waals surface area contributed by atoms with E-state index in [4.69, 9.17) is 0 Å². The van der Waals surface area contributed by atoms with Gasteiger partial charge in [-0.2, -0.15) is 0 Å². The molecule has 2 nitrogen and oxygen atoms in total. The number of allylic oxidation sites excluding steroid dienone is 2. The van der Waals surface area contributed by atoms with Crippen molar-refractivity contribution in [1.29, 1.82) is 0 Å². The molecule has 0 amide bonds. The van der Waals surface area contributed by atoms with Gasteiger partial charge in [0.05, 0.1) is 0 Å². The molecule has 8 aromatic rings. The first kappa shape index (κ1) is 24.1. The molecular formula is C39H27O2P. The van der Waals surface area contributed by atoms with Gasteiger partial charge in [-0.05, 0) is 94.9 Å². The molecule has 9 rings (SSSR count). The summed E-state index contributed by atoms with van der Waals surface area (Å²) in [6, 6.07) is 38.8. The SMILES string of the molecule is O=C1CC=C(P(=O)(c2ccc3ccc4cccc5ccc2c3c45)c2ccc3ccc4cccc5ccc2c3c45)CCC1. The van der Waals surface area contributed by atoms with Crippen molar-refractivity contribution in [3.63, 3.8) is 0 Å². The average Bonchev–Trinajstić information content (AvgIpc) is 3.26. The molecule has 1 aliphatic carbocycles. The van der Waals surface area contributed by atoms with Gasteiger partial charge in [-0.25, -0.2) is 0 Å². The Hall–Kier alpha value is -4.52. The van der Waals surface area contributed by atoms with Crippen LogP contribution in [0.25, 0.3) is 64.6 Å². The first-order valence-electron chi connectivity index (χ1n) is 14.8. The van der Waals surface area contributed by atoms with Gasteiger partial charge >= 0.3 is 0 Å². The second-order valence-corrected chi connectivity index (χ2v) is 14.5. The van der Waals surface area contributed by atoms with Gasteiger partial charge in [0.1, 0.15) is 5.78 Å². The van der Waals surface area contributed by atoms with Crippen molar-refractivity contribution < 1.29 is 9.36 Å². The summed E-state index contributed by atoms with van der Waals surface area (Å²) in [5.41, 5.74) is 0. The molecule has 200 valence electrons. The molecule has 8 aromatic carbocycles. The van der Waals surface area contributed by atoms with Gasteiger partial charge in [-0.15, -0.1) is 0 Å². The van der Waals surface area contributed by atoms with Crippen LogP contribution in [-0.2, 0) is 9.36 Å². The summed E-state index contributed by atoms with van der Waals surface area (Å²) in [5, 5.41) is 16.6. The lowest BCUT2D eigenvalue weighted by Crippen LogP contribution is -2.20. The van der Waals surface area contributed by atoms with Crippen LogP contribution in [0, 0.1) is 0 Å². The summed E-state index contributed by atoms with van der Waals surface area (Å²) < 4.78 is 16.3. The van der Waals surface area contributed by atoms with E-state index in [1.165, 1.54) is 43.1 Å². The van der Waals surface area contributed by atoms with Crippen LogP contribution in [0.3, 0.4) is 0 Å². The Bertz CT molecular complexity index is 2280. The highest BCUT2D eigenvalue weighted by Gasteiger charge is 2.36. The smallest absolute Gasteiger partial charge is 0.168 e. The van der Waals surface area contributed by atoms with Crippen molar-refractivity contribution in [2.45, 2.75) is 25.7 Å². The van der Waals surface area contributed by atoms with Crippen LogP contribution < -0.4 is 10.6 Å². The number of ketones is 1. The summed E-state index contributed by atoms with van der Waals surface area (Å²) in [5.74, 6) is 0.224. The maximum Gasteiger partial charge on any atom is 0.168 e. The van der Waals surface area contributed by atoms with Crippen LogP contribution in [-0.4, -0.2) is 5.78 Å². The zero-order valence-corrected chi connectivity index (χ0v) is 24.0. The number of Topliss-reactive ketones (excluding diaryl/α,β-unsaturated/α-hetero) is 1. The first-order chi connectivity index (χ1) is 20.6. The van der Waals surface area contributed by atoms with Crippen molar-refractivity contribution in [1.82, 2.24) is 0 Å². The summed E-state index contributed by atoms with van der Waals surface area (Å²) in [6.07, 6.45) is 4.28. The van der Waals surface area contributed by atoms with Crippen molar-refractivity contribution in [3.8, 4) is 0 Å². The van der Waals surface area contributed by atoms with Gasteiger partial charge in [0.25, 0.3) is 0 Å². The van der Waals surface area contributed by atoms with E-state index in [2.05, 4.69) is 109 Å². The summed E-state index contributed by atoms with van der Waals surface area (Å²) in [6.45, 7) is 0. The van der Waals surface area contributed by atoms with E-state index in [1.54, 1.807) is 0 Å². The number of hydrogen-bond donors (Lipinski definition) is 0. The van der Waals surface area contributed by atoms with Gasteiger partial charge in [0.2, 0.25) is 0 Å². The molecule has 0 saturated carbocycles. The fraction of sp³-hybridized carbons (Fsp3) is 0.103. The van der Waals surface area contributed by atoms with E-state index in [9.17, 15) is 4.79 Å². The van der Waals surface area contributed by atoms with Crippen LogP contribution in [0.4, 0.5) is 0 Å². The highest BCUT2D eigenvalue weighted by atomic mass is 31.2. The van der Waals surface area contributed by atoms with Crippen LogP contribution in [0.5, 0.6) is 0 Å². The summed E-state index contributed by atoms with van der Waals surface area (Å²) >= 11 is 0. The predicted octanol–water partition coefficient (Wildman–Crippen LogP) is 9.82. The minimum atomic E-state index is -3.36. The zero-order valence-electron chi connectivity index (χ0n) is 23.1. The van der Waals surface area contributed by atoms with Gasteiger partial charge in [-0.3, -0.25) is 4.79 Å². The molecule has 0 N–H and O–H groups in total. The third-order valence-electron chi connectivity index (χ3n) is 9.55. The lowest BCUT2D eigenvalue weighted by atomic mass is 9.94. The van der Waals surface area contributed by atoms with Gasteiger partial charge in [-0.1, -0.05) is 103 Å². The largest absolute Gasteiger partial charge is 0.309 e. The van der Waals surface area contributed by atoms with Gasteiger partial charge < -0.3 is 4.57 Å². The molecule has 0 radical (unpaired) electrons. The molecule has 3 heteroatoms. The molecule has 42 heavy (non-hydrogen) atoms. The van der Waals surface area contributed by atoms with Crippen LogP contribution in [0.2, 0.25) is 0 Å². The number of carbonyl (C=O) groups is 1. The monoisotopic (exact) mass is 558 g/mol. The highest BCUT2D eigenvalue weighted by Crippen LogP contribution is 2.58. The van der Waals surface area contributed by atoms with Gasteiger partial charge in [0, 0.05) is 23.5 Å². The molecule has 1 aliphatic rings. The normalized spacial score (nSPS) is 15.0. The molecule has 0 spiro atoms. The quantitative estimate of drug-likeness (QED) is 0.160. The van der Waals surface area contributed by atoms with E-state index >= 15 is 4.57 Å². The third kappa shape index (κ3) is 3.22. The van der Waals surface area contributed by atoms with Crippen molar-refractivity contribution in [2.24, 2.45) is 0 Å². The lowest BCUT2D eigenvalue weighted by molar-refractivity contribution is -0.118. The average molecular weight is 559 g/mol. The van der Waals surface area contributed by atoms with Crippen LogP contribution >= 0.6 is 7.14 Å². The zero-order chi connectivity index (χ0) is 28.0. The number of benzene rings is 8. The topological polar surface area (TPSA) is 34.1 Å². The maximum atomic E-state index is 16.3. The van der Waals surface area contributed by atoms with Crippen LogP contribution in [0.15, 0.2) is 121 Å². The van der Waals surface area contributed by atoms with Crippen LogP contribution in [0.1, 0.15) is 25.7 Å². The fourth-order valence-corrected chi connectivity index (χ4v) is 10.9. The molecular weight excluding hydrogens is 531 g/mol. The second kappa shape index (κ2) is 8.74. The minimum absolute atomic E-state index is 0.224. The summed E-state index contributed by atoms with van der Waals surface area (Å²) in [7, 11) is -3.36. The molecule has 0 saturated heterocycles. The van der Waals surface area contributed by atoms with E-state index in [-0.39, 0.29) is 5.78 Å². The maximum absolute atomic E-state index is 16.3. The van der Waals surface area contributed by atoms with Crippen molar-refractivity contribution in [3.05, 3.63) is 121 Å². The number of hydrogen-bond acceptors (Lipinski definition) is 2. The first-order valence-corrected chi connectivity index (χ1v) is 16.5. The Morgan fingerprint density at radius 2 is 0.905 bits per heavy atom. The van der Waals surface area contributed by atoms with Crippen molar-refractivity contribution in [2.75, 3.05) is 0 Å². The Balaban J connectivity index is 1.44. The summed E-state index contributed by atoms with van der Waals surface area (Å²) in [4.78, 5) is 12.6. The predicted molar refractivity (Wildman–Crippen MR) is 179 cm³/mol. The molecule has 0 fully saturated rings. The second-order valence-electron chi connectivity index (χ2n) is 11.8. The molecule has 0 unspecified atom stereocenters. The minimum Gasteiger partial charge on any atom is -0.309 e. The molecule has 0 bridgehead atoms. The van der Waals surface area contributed by atoms with Crippen molar-refractivity contribution >= 4 is 88.2 Å². The highest BCUT2D eigenvalue weighted by molar-refractivity contribution is 7.83. The Kier molecular flexibility index (Phi) is 5.02. The molecule has 0 aliphatic heterocycles. The van der Waals surface area contributed by atoms with E-state index < -0.39 is 7.14 Å².